The second-order valence-corrected chi connectivity index (χ2v) is 6.61. The van der Waals surface area contributed by atoms with Crippen LogP contribution in [0.3, 0.4) is 0 Å². The molecule has 0 aromatic heterocycles. The summed E-state index contributed by atoms with van der Waals surface area (Å²) in [5, 5.41) is 19.1. The number of halogens is 1. The van der Waals surface area contributed by atoms with E-state index in [1.54, 1.807) is 12.1 Å². The number of aliphatic hydroxyl groups excluding tert-OH is 1. The first-order chi connectivity index (χ1) is 10.7. The Morgan fingerprint density at radius 3 is 2.77 bits per heavy atom. The molecule has 118 valence electrons. The van der Waals surface area contributed by atoms with E-state index in [-0.39, 0.29) is 11.9 Å². The summed E-state index contributed by atoms with van der Waals surface area (Å²) in [5.74, 6) is 0.0339. The van der Waals surface area contributed by atoms with Crippen LogP contribution in [0.1, 0.15) is 49.7 Å². The molecule has 1 saturated carbocycles. The molecule has 1 aliphatic carbocycles. The number of aliphatic hydroxyl groups is 1. The van der Waals surface area contributed by atoms with Crippen molar-refractivity contribution >= 4 is 0 Å². The Balaban J connectivity index is 1.72. The standard InChI is InChI=1S/C18H23FN2O/c19-16-10-13(11-20)7-8-14(16)12-21-9-3-5-17(21)15-4-1-2-6-18(15)22/h7-8,10,15,17-18,22H,1-6,9,12H2/t15-,17+,18+/m0/s1. The summed E-state index contributed by atoms with van der Waals surface area (Å²) in [5.41, 5.74) is 1.01. The molecule has 1 aliphatic heterocycles. The zero-order valence-electron chi connectivity index (χ0n) is 12.8. The second-order valence-electron chi connectivity index (χ2n) is 6.61. The molecular formula is C18H23FN2O. The normalized spacial score (nSPS) is 29.4. The predicted molar refractivity (Wildman–Crippen MR) is 82.5 cm³/mol. The van der Waals surface area contributed by atoms with Crippen molar-refractivity contribution in [1.29, 1.82) is 5.26 Å². The van der Waals surface area contributed by atoms with Gasteiger partial charge in [0, 0.05) is 24.1 Å². The van der Waals surface area contributed by atoms with Crippen LogP contribution in [-0.2, 0) is 6.54 Å². The van der Waals surface area contributed by atoms with Crippen LogP contribution < -0.4 is 0 Å². The predicted octanol–water partition coefficient (Wildman–Crippen LogP) is 3.21. The van der Waals surface area contributed by atoms with E-state index in [1.165, 1.54) is 12.5 Å². The third-order valence-corrected chi connectivity index (χ3v) is 5.25. The fourth-order valence-electron chi connectivity index (χ4n) is 4.09. The SMILES string of the molecule is N#Cc1ccc(CN2CCC[C@@H]2[C@@H]2CCCC[C@H]2O)c(F)c1. The molecule has 3 atom stereocenters. The van der Waals surface area contributed by atoms with Crippen molar-refractivity contribution < 1.29 is 9.50 Å². The van der Waals surface area contributed by atoms with Gasteiger partial charge in [0.2, 0.25) is 0 Å². The summed E-state index contributed by atoms with van der Waals surface area (Å²) >= 11 is 0. The smallest absolute Gasteiger partial charge is 0.129 e. The van der Waals surface area contributed by atoms with Crippen molar-refractivity contribution in [3.63, 3.8) is 0 Å². The van der Waals surface area contributed by atoms with Gasteiger partial charge in [-0.2, -0.15) is 5.26 Å². The molecule has 0 bridgehead atoms. The van der Waals surface area contributed by atoms with Crippen LogP contribution in [0.2, 0.25) is 0 Å². The van der Waals surface area contributed by atoms with Gasteiger partial charge in [-0.05, 0) is 44.4 Å². The summed E-state index contributed by atoms with van der Waals surface area (Å²) in [4.78, 5) is 2.32. The fourth-order valence-corrected chi connectivity index (χ4v) is 4.09. The van der Waals surface area contributed by atoms with Gasteiger partial charge >= 0.3 is 0 Å². The molecule has 1 N–H and O–H groups in total. The van der Waals surface area contributed by atoms with E-state index in [4.69, 9.17) is 5.26 Å². The second kappa shape index (κ2) is 6.76. The van der Waals surface area contributed by atoms with Gasteiger partial charge in [0.15, 0.2) is 0 Å². The summed E-state index contributed by atoms with van der Waals surface area (Å²) in [7, 11) is 0. The molecule has 1 aromatic carbocycles. The minimum absolute atomic E-state index is 0.204. The average molecular weight is 302 g/mol. The minimum atomic E-state index is -0.297. The van der Waals surface area contributed by atoms with E-state index in [1.807, 2.05) is 6.07 Å². The Hall–Kier alpha value is -1.44. The first kappa shape index (κ1) is 15.5. The van der Waals surface area contributed by atoms with E-state index in [2.05, 4.69) is 4.90 Å². The Labute approximate surface area is 131 Å². The lowest BCUT2D eigenvalue weighted by Crippen LogP contribution is -2.42. The molecule has 0 amide bonds. The van der Waals surface area contributed by atoms with Gasteiger partial charge in [-0.1, -0.05) is 18.9 Å². The number of hydrogen-bond donors (Lipinski definition) is 1. The number of likely N-dealkylation sites (tertiary alicyclic amines) is 1. The number of rotatable bonds is 3. The summed E-state index contributed by atoms with van der Waals surface area (Å²) in [6.07, 6.45) is 6.31. The highest BCUT2D eigenvalue weighted by Gasteiger charge is 2.36. The molecule has 0 radical (unpaired) electrons. The molecule has 4 heteroatoms. The highest BCUT2D eigenvalue weighted by atomic mass is 19.1. The van der Waals surface area contributed by atoms with Gasteiger partial charge in [0.1, 0.15) is 5.82 Å². The van der Waals surface area contributed by atoms with E-state index >= 15 is 0 Å². The van der Waals surface area contributed by atoms with Crippen LogP contribution >= 0.6 is 0 Å². The molecule has 22 heavy (non-hydrogen) atoms. The number of hydrogen-bond acceptors (Lipinski definition) is 3. The van der Waals surface area contributed by atoms with Crippen LogP contribution in [0.25, 0.3) is 0 Å². The Bertz CT molecular complexity index is 569. The largest absolute Gasteiger partial charge is 0.393 e. The lowest BCUT2D eigenvalue weighted by molar-refractivity contribution is 0.0199. The topological polar surface area (TPSA) is 47.3 Å². The molecular weight excluding hydrogens is 279 g/mol. The summed E-state index contributed by atoms with van der Waals surface area (Å²) in [6.45, 7) is 1.54. The lowest BCUT2D eigenvalue weighted by atomic mass is 9.80. The van der Waals surface area contributed by atoms with E-state index in [0.29, 0.717) is 29.6 Å². The van der Waals surface area contributed by atoms with Gasteiger partial charge in [-0.25, -0.2) is 4.39 Å². The van der Waals surface area contributed by atoms with Crippen LogP contribution in [0.15, 0.2) is 18.2 Å². The van der Waals surface area contributed by atoms with Crippen molar-refractivity contribution in [1.82, 2.24) is 4.90 Å². The van der Waals surface area contributed by atoms with Crippen molar-refractivity contribution in [2.24, 2.45) is 5.92 Å². The maximum Gasteiger partial charge on any atom is 0.129 e. The first-order valence-electron chi connectivity index (χ1n) is 8.29. The summed E-state index contributed by atoms with van der Waals surface area (Å²) < 4.78 is 14.1. The van der Waals surface area contributed by atoms with Gasteiger partial charge < -0.3 is 5.11 Å². The van der Waals surface area contributed by atoms with Gasteiger partial charge in [-0.3, -0.25) is 4.90 Å². The average Bonchev–Trinajstić information content (AvgIpc) is 2.98. The molecule has 0 spiro atoms. The molecule has 1 saturated heterocycles. The van der Waals surface area contributed by atoms with Crippen LogP contribution in [0.5, 0.6) is 0 Å². The highest BCUT2D eigenvalue weighted by Crippen LogP contribution is 2.35. The molecule has 3 rings (SSSR count). The van der Waals surface area contributed by atoms with Gasteiger partial charge in [0.25, 0.3) is 0 Å². The third kappa shape index (κ3) is 3.16. The first-order valence-corrected chi connectivity index (χ1v) is 8.29. The van der Waals surface area contributed by atoms with E-state index in [0.717, 1.165) is 38.6 Å². The van der Waals surface area contributed by atoms with Crippen LogP contribution in [-0.4, -0.2) is 28.7 Å². The van der Waals surface area contributed by atoms with Crippen molar-refractivity contribution in [3.05, 3.63) is 35.1 Å². The lowest BCUT2D eigenvalue weighted by Gasteiger charge is -2.37. The van der Waals surface area contributed by atoms with E-state index < -0.39 is 0 Å². The van der Waals surface area contributed by atoms with Crippen molar-refractivity contribution in [2.75, 3.05) is 6.54 Å². The van der Waals surface area contributed by atoms with Crippen LogP contribution in [0, 0.1) is 23.1 Å². The molecule has 0 unspecified atom stereocenters. The quantitative estimate of drug-likeness (QED) is 0.932. The highest BCUT2D eigenvalue weighted by molar-refractivity contribution is 5.32. The maximum atomic E-state index is 14.1. The third-order valence-electron chi connectivity index (χ3n) is 5.25. The Kier molecular flexibility index (Phi) is 4.75. The van der Waals surface area contributed by atoms with Gasteiger partial charge in [-0.15, -0.1) is 0 Å². The molecule has 2 fully saturated rings. The summed E-state index contributed by atoms with van der Waals surface area (Å²) in [6, 6.07) is 7.05. The molecule has 1 heterocycles. The Morgan fingerprint density at radius 1 is 1.23 bits per heavy atom. The van der Waals surface area contributed by atoms with Gasteiger partial charge in [0.05, 0.1) is 17.7 Å². The molecule has 3 nitrogen and oxygen atoms in total. The monoisotopic (exact) mass is 302 g/mol. The number of nitriles is 1. The minimum Gasteiger partial charge on any atom is -0.393 e. The van der Waals surface area contributed by atoms with Crippen molar-refractivity contribution in [2.45, 2.75) is 57.2 Å². The van der Waals surface area contributed by atoms with Crippen molar-refractivity contribution in [3.8, 4) is 6.07 Å². The maximum absolute atomic E-state index is 14.1. The molecule has 1 aromatic rings. The fraction of sp³-hybridized carbons (Fsp3) is 0.611. The number of benzene rings is 1. The van der Waals surface area contributed by atoms with Crippen LogP contribution in [0.4, 0.5) is 4.39 Å². The zero-order valence-corrected chi connectivity index (χ0v) is 12.8. The van der Waals surface area contributed by atoms with E-state index in [9.17, 15) is 9.50 Å². The Morgan fingerprint density at radius 2 is 2.05 bits per heavy atom. The molecule has 2 aliphatic rings. The zero-order chi connectivity index (χ0) is 15.5. The number of nitrogens with zero attached hydrogens (tertiary/aromatic N) is 2.